The van der Waals surface area contributed by atoms with Gasteiger partial charge in [-0.1, -0.05) is 54.6 Å². The number of carbonyl (C=O) groups excluding carboxylic acids is 2. The second-order valence-corrected chi connectivity index (χ2v) is 13.3. The summed E-state index contributed by atoms with van der Waals surface area (Å²) in [6, 6.07) is 34.8. The molecule has 2 amide bonds. The van der Waals surface area contributed by atoms with Crippen molar-refractivity contribution in [3.05, 3.63) is 157 Å². The van der Waals surface area contributed by atoms with Gasteiger partial charge < -0.3 is 25.6 Å². The number of hydrogen-bond acceptors (Lipinski definition) is 9. The molecule has 0 fully saturated rings. The zero-order valence-corrected chi connectivity index (χ0v) is 31.8. The van der Waals surface area contributed by atoms with Crippen molar-refractivity contribution in [1.82, 2.24) is 34.8 Å². The van der Waals surface area contributed by atoms with E-state index in [-0.39, 0.29) is 24.7 Å². The van der Waals surface area contributed by atoms with Crippen molar-refractivity contribution in [1.29, 1.82) is 0 Å². The van der Waals surface area contributed by atoms with Gasteiger partial charge in [0.05, 0.1) is 28.3 Å². The lowest BCUT2D eigenvalue weighted by atomic mass is 9.99. The molecule has 0 unspecified atom stereocenters. The fourth-order valence-corrected chi connectivity index (χ4v) is 6.83. The third-order valence-electron chi connectivity index (χ3n) is 9.67. The SMILES string of the molecule is CNC(=O)c1ccc2c(c1)nc(-c1cccc3cccnc13)n2[C@H](Cc1ccccc1)[C@H](O)C(=O)Nc1ccc(C)c(Nc2nccc(-c3cccnc3)n2)c1.Cl. The average molecular weight is 776 g/mol. The van der Waals surface area contributed by atoms with Gasteiger partial charge in [-0.25, -0.2) is 15.0 Å². The highest BCUT2D eigenvalue weighted by atomic mass is 35.5. The molecule has 8 aromatic rings. The molecule has 0 aliphatic carbocycles. The molecule has 13 heteroatoms. The smallest absolute Gasteiger partial charge is 0.255 e. The van der Waals surface area contributed by atoms with E-state index < -0.39 is 18.1 Å². The number of fused-ring (bicyclic) bond motifs is 2. The molecular weight excluding hydrogens is 738 g/mol. The molecule has 2 atom stereocenters. The van der Waals surface area contributed by atoms with Crippen LogP contribution in [0.2, 0.25) is 0 Å². The number of aromatic nitrogens is 6. The number of imidazole rings is 1. The zero-order chi connectivity index (χ0) is 38.6. The molecule has 0 aliphatic rings. The molecule has 0 radical (unpaired) electrons. The number of nitrogens with zero attached hydrogens (tertiary/aromatic N) is 6. The number of para-hydroxylation sites is 1. The first-order valence-electron chi connectivity index (χ1n) is 18.1. The van der Waals surface area contributed by atoms with Crippen molar-refractivity contribution >= 4 is 63.5 Å². The number of halogens is 1. The van der Waals surface area contributed by atoms with E-state index in [2.05, 4.69) is 30.9 Å². The molecule has 4 N–H and O–H groups in total. The van der Waals surface area contributed by atoms with Crippen molar-refractivity contribution < 1.29 is 14.7 Å². The second kappa shape index (κ2) is 16.8. The Hall–Kier alpha value is -7.02. The number of carbonyl (C=O) groups is 2. The van der Waals surface area contributed by atoms with E-state index >= 15 is 0 Å². The number of aryl methyl sites for hydroxylation is 1. The molecule has 4 aromatic heterocycles. The summed E-state index contributed by atoms with van der Waals surface area (Å²) in [4.78, 5) is 50.0. The number of rotatable bonds is 11. The number of hydrogen-bond donors (Lipinski definition) is 4. The Bertz CT molecular complexity index is 2700. The predicted molar refractivity (Wildman–Crippen MR) is 225 cm³/mol. The van der Waals surface area contributed by atoms with Gasteiger partial charge in [0.1, 0.15) is 5.82 Å². The van der Waals surface area contributed by atoms with E-state index in [0.29, 0.717) is 51.0 Å². The average Bonchev–Trinajstić information content (AvgIpc) is 3.62. The van der Waals surface area contributed by atoms with Gasteiger partial charge in [-0.3, -0.25) is 19.6 Å². The van der Waals surface area contributed by atoms with Crippen molar-refractivity contribution in [2.45, 2.75) is 25.5 Å². The first kappa shape index (κ1) is 38.3. The molecule has 0 saturated carbocycles. The highest BCUT2D eigenvalue weighted by molar-refractivity contribution is 6.00. The molecule has 0 bridgehead atoms. The van der Waals surface area contributed by atoms with Gasteiger partial charge >= 0.3 is 0 Å². The van der Waals surface area contributed by atoms with Crippen LogP contribution in [0.3, 0.4) is 0 Å². The van der Waals surface area contributed by atoms with Crippen LogP contribution in [-0.4, -0.2) is 59.6 Å². The largest absolute Gasteiger partial charge is 0.381 e. The minimum Gasteiger partial charge on any atom is -0.381 e. The third kappa shape index (κ3) is 8.04. The first-order chi connectivity index (χ1) is 27.4. The maximum absolute atomic E-state index is 14.3. The second-order valence-electron chi connectivity index (χ2n) is 13.3. The van der Waals surface area contributed by atoms with Crippen LogP contribution >= 0.6 is 12.4 Å². The lowest BCUT2D eigenvalue weighted by Gasteiger charge is -2.27. The molecule has 12 nitrogen and oxygen atoms in total. The van der Waals surface area contributed by atoms with E-state index in [1.165, 1.54) is 0 Å². The topological polar surface area (TPSA) is 160 Å². The monoisotopic (exact) mass is 775 g/mol. The minimum atomic E-state index is -1.55. The Labute approximate surface area is 334 Å². The van der Waals surface area contributed by atoms with E-state index in [9.17, 15) is 14.7 Å². The van der Waals surface area contributed by atoms with Gasteiger partial charge in [0.25, 0.3) is 11.8 Å². The van der Waals surface area contributed by atoms with Crippen LogP contribution in [0.1, 0.15) is 27.5 Å². The van der Waals surface area contributed by atoms with Crippen molar-refractivity contribution in [3.8, 4) is 22.6 Å². The number of anilines is 3. The van der Waals surface area contributed by atoms with Gasteiger partial charge in [0.15, 0.2) is 6.10 Å². The van der Waals surface area contributed by atoms with Gasteiger partial charge in [0, 0.05) is 65.3 Å². The Morgan fingerprint density at radius 1 is 0.825 bits per heavy atom. The van der Waals surface area contributed by atoms with E-state index in [4.69, 9.17) is 9.97 Å². The van der Waals surface area contributed by atoms with Crippen LogP contribution in [0.25, 0.3) is 44.6 Å². The molecule has 8 rings (SSSR count). The molecule has 0 spiro atoms. The Kier molecular flexibility index (Phi) is 11.3. The Balaban J connectivity index is 0.00000496. The number of benzene rings is 4. The van der Waals surface area contributed by atoms with Crippen molar-refractivity contribution in [2.75, 3.05) is 17.7 Å². The Morgan fingerprint density at radius 2 is 1.65 bits per heavy atom. The maximum atomic E-state index is 14.3. The Morgan fingerprint density at radius 3 is 2.46 bits per heavy atom. The van der Waals surface area contributed by atoms with Crippen LogP contribution in [0.5, 0.6) is 0 Å². The van der Waals surface area contributed by atoms with Crippen molar-refractivity contribution in [2.24, 2.45) is 0 Å². The zero-order valence-electron chi connectivity index (χ0n) is 31.0. The summed E-state index contributed by atoms with van der Waals surface area (Å²) >= 11 is 0. The van der Waals surface area contributed by atoms with E-state index in [1.807, 2.05) is 96.4 Å². The molecule has 0 saturated heterocycles. The van der Waals surface area contributed by atoms with Gasteiger partial charge in [-0.15, -0.1) is 12.4 Å². The number of aliphatic hydroxyl groups excluding tert-OH is 1. The number of amides is 2. The summed E-state index contributed by atoms with van der Waals surface area (Å²) in [6.07, 6.45) is 5.57. The summed E-state index contributed by atoms with van der Waals surface area (Å²) in [5.74, 6) is 0.0144. The normalized spacial score (nSPS) is 12.1. The highest BCUT2D eigenvalue weighted by Gasteiger charge is 2.32. The lowest BCUT2D eigenvalue weighted by Crippen LogP contribution is -2.37. The van der Waals surface area contributed by atoms with Crippen LogP contribution in [0.15, 0.2) is 140 Å². The molecule has 4 aromatic carbocycles. The molecular formula is C44H38ClN9O3. The molecule has 57 heavy (non-hydrogen) atoms. The van der Waals surface area contributed by atoms with E-state index in [1.54, 1.807) is 62.2 Å². The third-order valence-corrected chi connectivity index (χ3v) is 9.67. The lowest BCUT2D eigenvalue weighted by molar-refractivity contribution is -0.126. The summed E-state index contributed by atoms with van der Waals surface area (Å²) in [7, 11) is 1.57. The van der Waals surface area contributed by atoms with Crippen LogP contribution in [0, 0.1) is 6.92 Å². The van der Waals surface area contributed by atoms with Crippen LogP contribution in [-0.2, 0) is 11.2 Å². The van der Waals surface area contributed by atoms with Gasteiger partial charge in [-0.2, -0.15) is 0 Å². The van der Waals surface area contributed by atoms with E-state index in [0.717, 1.165) is 27.6 Å². The molecule has 284 valence electrons. The predicted octanol–water partition coefficient (Wildman–Crippen LogP) is 7.72. The fraction of sp³-hybridized carbons (Fsp3) is 0.114. The quantitative estimate of drug-likeness (QED) is 0.103. The highest BCUT2D eigenvalue weighted by Crippen LogP contribution is 2.36. The minimum absolute atomic E-state index is 0. The molecule has 4 heterocycles. The standard InChI is InChI=1S/C44H37N9O3.ClH/c1-27-15-17-32(25-35(27)52-44-48-22-19-34(51-44)31-13-7-20-46-26-31)49-43(56)40(54)38(23-28-9-4-3-5-10-28)53-37-18-16-30(42(55)45-2)24-36(37)50-41(53)33-14-6-11-29-12-8-21-47-39(29)33;/h3-22,24-26,38,40,54H,23H2,1-2H3,(H,45,55)(H,49,56)(H,48,51,52);1H/t38-,40+;/m1./s1. The summed E-state index contributed by atoms with van der Waals surface area (Å²) in [5, 5.41) is 22.0. The number of nitrogens with one attached hydrogen (secondary N) is 3. The van der Waals surface area contributed by atoms with Crippen LogP contribution in [0.4, 0.5) is 17.3 Å². The fourth-order valence-electron chi connectivity index (χ4n) is 6.83. The summed E-state index contributed by atoms with van der Waals surface area (Å²) in [6.45, 7) is 1.94. The first-order valence-corrected chi connectivity index (χ1v) is 18.1. The van der Waals surface area contributed by atoms with Crippen molar-refractivity contribution in [3.63, 3.8) is 0 Å². The maximum Gasteiger partial charge on any atom is 0.255 e. The van der Waals surface area contributed by atoms with Gasteiger partial charge in [0.2, 0.25) is 5.95 Å². The van der Waals surface area contributed by atoms with Gasteiger partial charge in [-0.05, 0) is 85.1 Å². The summed E-state index contributed by atoms with van der Waals surface area (Å²) < 4.78 is 1.90. The number of aliphatic hydroxyl groups is 1. The summed E-state index contributed by atoms with van der Waals surface area (Å²) in [5.41, 5.74) is 7.55. The molecule has 0 aliphatic heterocycles. The number of pyridine rings is 2. The van der Waals surface area contributed by atoms with Crippen LogP contribution < -0.4 is 16.0 Å².